The number of hydrogen-bond donors (Lipinski definition) is 3. The predicted molar refractivity (Wildman–Crippen MR) is 130 cm³/mol. The lowest BCUT2D eigenvalue weighted by Crippen LogP contribution is -2.32. The van der Waals surface area contributed by atoms with Gasteiger partial charge in [-0.3, -0.25) is 5.32 Å². The first kappa shape index (κ1) is 24.6. The maximum atomic E-state index is 12.8. The minimum atomic E-state index is -1.07. The highest BCUT2D eigenvalue weighted by molar-refractivity contribution is 9.11. The van der Waals surface area contributed by atoms with Gasteiger partial charge >= 0.3 is 6.09 Å². The number of carbonyl (C=O) groups excluding carboxylic acids is 1. The lowest BCUT2D eigenvalue weighted by molar-refractivity contribution is 0.00792. The highest BCUT2D eigenvalue weighted by Gasteiger charge is 2.32. The number of rotatable bonds is 8. The molecule has 3 aromatic carbocycles. The number of carbonyl (C=O) groups is 1. The number of nitrogens with one attached hydrogen (secondary N) is 1. The molecule has 0 aliphatic carbocycles. The molecule has 0 aromatic heterocycles. The van der Waals surface area contributed by atoms with Crippen molar-refractivity contribution in [2.45, 2.75) is 18.6 Å². The third-order valence-electron chi connectivity index (χ3n) is 4.64. The van der Waals surface area contributed by atoms with Crippen molar-refractivity contribution in [1.29, 1.82) is 5.26 Å². The summed E-state index contributed by atoms with van der Waals surface area (Å²) in [7, 11) is 0. The van der Waals surface area contributed by atoms with Crippen LogP contribution in [0.25, 0.3) is 0 Å². The Morgan fingerprint density at radius 3 is 2.42 bits per heavy atom. The minimum Gasteiger partial charge on any atom is -0.506 e. The Balaban J connectivity index is 1.93. The van der Waals surface area contributed by atoms with E-state index < -0.39 is 18.3 Å². The van der Waals surface area contributed by atoms with Crippen LogP contribution in [0.3, 0.4) is 0 Å². The molecule has 9 heteroatoms. The summed E-state index contributed by atoms with van der Waals surface area (Å²) < 4.78 is 12.8. The van der Waals surface area contributed by atoms with Gasteiger partial charge in [0.2, 0.25) is 0 Å². The summed E-state index contributed by atoms with van der Waals surface area (Å²) in [5, 5.41) is 31.9. The van der Waals surface area contributed by atoms with E-state index in [9.17, 15) is 15.0 Å². The van der Waals surface area contributed by atoms with Crippen molar-refractivity contribution in [2.24, 2.45) is 0 Å². The van der Waals surface area contributed by atoms with E-state index in [2.05, 4.69) is 37.2 Å². The van der Waals surface area contributed by atoms with Crippen LogP contribution in [0.15, 0.2) is 75.7 Å². The molecule has 0 radical (unpaired) electrons. The molecule has 0 saturated carbocycles. The first-order chi connectivity index (χ1) is 15.9. The van der Waals surface area contributed by atoms with Crippen LogP contribution in [-0.4, -0.2) is 29.0 Å². The van der Waals surface area contributed by atoms with Gasteiger partial charge in [-0.05, 0) is 64.5 Å². The molecule has 0 spiro atoms. The number of amides is 1. The van der Waals surface area contributed by atoms with Gasteiger partial charge in [0.15, 0.2) is 6.10 Å². The fourth-order valence-electron chi connectivity index (χ4n) is 3.11. The lowest BCUT2D eigenvalue weighted by Gasteiger charge is -2.28. The fraction of sp³-hybridized carbons (Fsp3) is 0.167. The average Bonchev–Trinajstić information content (AvgIpc) is 2.81. The van der Waals surface area contributed by atoms with Crippen molar-refractivity contribution in [3.63, 3.8) is 0 Å². The molecule has 7 nitrogen and oxygen atoms in total. The van der Waals surface area contributed by atoms with E-state index in [1.54, 1.807) is 60.7 Å². The van der Waals surface area contributed by atoms with Crippen molar-refractivity contribution < 1.29 is 24.5 Å². The third kappa shape index (κ3) is 6.71. The largest absolute Gasteiger partial charge is 0.506 e. The number of aromatic hydroxyl groups is 1. The number of phenols is 1. The molecule has 2 atom stereocenters. The van der Waals surface area contributed by atoms with Crippen molar-refractivity contribution >= 4 is 43.6 Å². The van der Waals surface area contributed by atoms with E-state index in [0.717, 1.165) is 0 Å². The molecule has 170 valence electrons. The molecule has 3 rings (SSSR count). The maximum absolute atomic E-state index is 12.8. The quantitative estimate of drug-likeness (QED) is 0.308. The smallest absolute Gasteiger partial charge is 0.412 e. The number of aliphatic hydroxyl groups excluding tert-OH is 1. The van der Waals surface area contributed by atoms with Crippen LogP contribution < -0.4 is 10.1 Å². The monoisotopic (exact) mass is 574 g/mol. The van der Waals surface area contributed by atoms with Gasteiger partial charge in [0.25, 0.3) is 0 Å². The van der Waals surface area contributed by atoms with Crippen molar-refractivity contribution in [1.82, 2.24) is 0 Å². The summed E-state index contributed by atoms with van der Waals surface area (Å²) in [6.45, 7) is -0.232. The van der Waals surface area contributed by atoms with Crippen LogP contribution in [0, 0.1) is 11.3 Å². The standard InChI is InChI=1S/C24H20Br2N2O5/c25-16-12-19(22(30)20(26)13-16)23(21(10-11-29)32-18-4-2-1-3-5-18)33-24(31)28-17-8-6-15(14-27)7-9-17/h1-9,12-13,21,23,29-30H,10-11H2,(H,28,31)/t21-,23-/m1/s1. The Morgan fingerprint density at radius 1 is 1.09 bits per heavy atom. The van der Waals surface area contributed by atoms with Crippen molar-refractivity contribution in [3.05, 3.63) is 86.8 Å². The second-order valence-electron chi connectivity index (χ2n) is 6.95. The van der Waals surface area contributed by atoms with Gasteiger partial charge < -0.3 is 19.7 Å². The number of ether oxygens (including phenoxy) is 2. The second-order valence-corrected chi connectivity index (χ2v) is 8.72. The zero-order chi connectivity index (χ0) is 23.8. The number of phenolic OH excluding ortho intramolecular Hbond substituents is 1. The average molecular weight is 576 g/mol. The third-order valence-corrected chi connectivity index (χ3v) is 5.70. The topological polar surface area (TPSA) is 112 Å². The molecule has 0 bridgehead atoms. The number of aliphatic hydroxyl groups is 1. The Kier molecular flexibility index (Phi) is 8.72. The van der Waals surface area contributed by atoms with Crippen LogP contribution in [-0.2, 0) is 4.74 Å². The number of halogens is 2. The number of anilines is 1. The van der Waals surface area contributed by atoms with E-state index in [0.29, 0.717) is 31.5 Å². The lowest BCUT2D eigenvalue weighted by atomic mass is 10.0. The van der Waals surface area contributed by atoms with E-state index >= 15 is 0 Å². The summed E-state index contributed by atoms with van der Waals surface area (Å²) >= 11 is 6.69. The van der Waals surface area contributed by atoms with E-state index in [1.165, 1.54) is 0 Å². The highest BCUT2D eigenvalue weighted by Crippen LogP contribution is 2.39. The van der Waals surface area contributed by atoms with Crippen LogP contribution >= 0.6 is 31.9 Å². The zero-order valence-electron chi connectivity index (χ0n) is 17.2. The second kappa shape index (κ2) is 11.7. The van der Waals surface area contributed by atoms with Gasteiger partial charge in [-0.1, -0.05) is 34.1 Å². The SMILES string of the molecule is N#Cc1ccc(NC(=O)O[C@H](c2cc(Br)cc(Br)c2O)[C@@H](CCO)Oc2ccccc2)cc1. The van der Waals surface area contributed by atoms with Gasteiger partial charge in [-0.2, -0.15) is 5.26 Å². The molecule has 0 fully saturated rings. The number of nitriles is 1. The van der Waals surface area contributed by atoms with Crippen LogP contribution in [0.2, 0.25) is 0 Å². The van der Waals surface area contributed by atoms with E-state index in [-0.39, 0.29) is 18.8 Å². The molecule has 0 heterocycles. The molecule has 0 saturated heterocycles. The van der Waals surface area contributed by atoms with Crippen LogP contribution in [0.4, 0.5) is 10.5 Å². The van der Waals surface area contributed by atoms with Gasteiger partial charge in [0.05, 0.1) is 16.1 Å². The molecule has 3 aromatic rings. The molecule has 0 unspecified atom stereocenters. The highest BCUT2D eigenvalue weighted by atomic mass is 79.9. The Bertz CT molecular complexity index is 1130. The molecular formula is C24H20Br2N2O5. The number of hydrogen-bond acceptors (Lipinski definition) is 6. The molecule has 3 N–H and O–H groups in total. The van der Waals surface area contributed by atoms with Crippen LogP contribution in [0.1, 0.15) is 23.7 Å². The normalized spacial score (nSPS) is 12.3. The summed E-state index contributed by atoms with van der Waals surface area (Å²) in [5.41, 5.74) is 1.18. The number of benzene rings is 3. The van der Waals surface area contributed by atoms with Crippen molar-refractivity contribution in [3.8, 4) is 17.6 Å². The molecule has 1 amide bonds. The Morgan fingerprint density at radius 2 is 1.79 bits per heavy atom. The number of nitrogens with zero attached hydrogens (tertiary/aromatic N) is 1. The molecule has 33 heavy (non-hydrogen) atoms. The summed E-state index contributed by atoms with van der Waals surface area (Å²) in [4.78, 5) is 12.8. The van der Waals surface area contributed by atoms with E-state index in [4.69, 9.17) is 14.7 Å². The first-order valence-electron chi connectivity index (χ1n) is 9.89. The molecular weight excluding hydrogens is 556 g/mol. The zero-order valence-corrected chi connectivity index (χ0v) is 20.4. The van der Waals surface area contributed by atoms with Gasteiger partial charge in [-0.25, -0.2) is 4.79 Å². The summed E-state index contributed by atoms with van der Waals surface area (Å²) in [5.74, 6) is 0.402. The fourth-order valence-corrected chi connectivity index (χ4v) is 4.36. The number of para-hydroxylation sites is 1. The van der Waals surface area contributed by atoms with Crippen LogP contribution in [0.5, 0.6) is 11.5 Å². The Hall–Kier alpha value is -3.06. The molecule has 0 aliphatic rings. The maximum Gasteiger partial charge on any atom is 0.412 e. The predicted octanol–water partition coefficient (Wildman–Crippen LogP) is 5.91. The molecule has 0 aliphatic heterocycles. The summed E-state index contributed by atoms with van der Waals surface area (Å²) in [6, 6.07) is 20.5. The first-order valence-corrected chi connectivity index (χ1v) is 11.5. The van der Waals surface area contributed by atoms with E-state index in [1.807, 2.05) is 12.1 Å². The summed E-state index contributed by atoms with van der Waals surface area (Å²) in [6.07, 6.45) is -2.53. The van der Waals surface area contributed by atoms with Gasteiger partial charge in [0.1, 0.15) is 17.6 Å². The van der Waals surface area contributed by atoms with Crippen molar-refractivity contribution in [2.75, 3.05) is 11.9 Å². The van der Waals surface area contributed by atoms with Gasteiger partial charge in [-0.15, -0.1) is 0 Å². The van der Waals surface area contributed by atoms with Gasteiger partial charge in [0, 0.05) is 28.8 Å². The minimum absolute atomic E-state index is 0.117. The Labute approximate surface area is 207 Å².